The Morgan fingerprint density at radius 2 is 1.95 bits per heavy atom. The third-order valence-corrected chi connectivity index (χ3v) is 4.94. The molecule has 0 fully saturated rings. The van der Waals surface area contributed by atoms with Gasteiger partial charge in [-0.15, -0.1) is 11.3 Å². The SMILES string of the molecule is Cc1cc(C(=O)Nc2ccc3nccnc3c2)sc1Br. The van der Waals surface area contributed by atoms with Crippen LogP contribution in [0.3, 0.4) is 0 Å². The third kappa shape index (κ3) is 2.57. The lowest BCUT2D eigenvalue weighted by molar-refractivity contribution is 0.103. The van der Waals surface area contributed by atoms with Gasteiger partial charge in [-0.3, -0.25) is 14.8 Å². The van der Waals surface area contributed by atoms with Crippen molar-refractivity contribution >= 4 is 49.9 Å². The number of carbonyl (C=O) groups is 1. The molecule has 100 valence electrons. The number of nitrogens with one attached hydrogen (secondary N) is 1. The highest BCUT2D eigenvalue weighted by Crippen LogP contribution is 2.28. The van der Waals surface area contributed by atoms with Gasteiger partial charge in [-0.25, -0.2) is 0 Å². The number of hydrogen-bond acceptors (Lipinski definition) is 4. The fraction of sp³-hybridized carbons (Fsp3) is 0.0714. The van der Waals surface area contributed by atoms with E-state index in [1.54, 1.807) is 12.4 Å². The van der Waals surface area contributed by atoms with Gasteiger partial charge in [-0.2, -0.15) is 0 Å². The Balaban J connectivity index is 1.87. The number of aromatic nitrogens is 2. The van der Waals surface area contributed by atoms with E-state index in [1.807, 2.05) is 31.2 Å². The Morgan fingerprint density at radius 1 is 1.20 bits per heavy atom. The number of nitrogens with zero attached hydrogens (tertiary/aromatic N) is 2. The maximum Gasteiger partial charge on any atom is 0.265 e. The van der Waals surface area contributed by atoms with E-state index in [0.717, 1.165) is 20.4 Å². The van der Waals surface area contributed by atoms with Gasteiger partial charge in [-0.05, 0) is 52.7 Å². The van der Waals surface area contributed by atoms with Crippen LogP contribution in [0, 0.1) is 6.92 Å². The van der Waals surface area contributed by atoms with Gasteiger partial charge < -0.3 is 5.32 Å². The Hall–Kier alpha value is -1.79. The lowest BCUT2D eigenvalue weighted by Crippen LogP contribution is -2.10. The minimum Gasteiger partial charge on any atom is -0.321 e. The molecule has 0 spiro atoms. The van der Waals surface area contributed by atoms with Crippen molar-refractivity contribution in [1.82, 2.24) is 9.97 Å². The van der Waals surface area contributed by atoms with Crippen LogP contribution in [0.15, 0.2) is 40.4 Å². The van der Waals surface area contributed by atoms with E-state index in [2.05, 4.69) is 31.2 Å². The zero-order valence-corrected chi connectivity index (χ0v) is 13.0. The van der Waals surface area contributed by atoms with Crippen LogP contribution in [0.25, 0.3) is 11.0 Å². The summed E-state index contributed by atoms with van der Waals surface area (Å²) in [5.74, 6) is -0.118. The summed E-state index contributed by atoms with van der Waals surface area (Å²) in [6.07, 6.45) is 3.28. The van der Waals surface area contributed by atoms with Gasteiger partial charge in [0.05, 0.1) is 19.7 Å². The van der Waals surface area contributed by atoms with Crippen LogP contribution in [0.1, 0.15) is 15.2 Å². The van der Waals surface area contributed by atoms with Crippen molar-refractivity contribution in [2.75, 3.05) is 5.32 Å². The first-order valence-corrected chi connectivity index (χ1v) is 7.52. The average Bonchev–Trinajstić information content (AvgIpc) is 2.79. The Kier molecular flexibility index (Phi) is 3.50. The summed E-state index contributed by atoms with van der Waals surface area (Å²) >= 11 is 4.84. The van der Waals surface area contributed by atoms with Crippen LogP contribution in [0.2, 0.25) is 0 Å². The number of carbonyl (C=O) groups excluding carboxylic acids is 1. The molecule has 4 nitrogen and oxygen atoms in total. The second-order valence-corrected chi connectivity index (χ2v) is 6.65. The van der Waals surface area contributed by atoms with Crippen molar-refractivity contribution in [3.8, 4) is 0 Å². The van der Waals surface area contributed by atoms with Gasteiger partial charge in [0.2, 0.25) is 0 Å². The summed E-state index contributed by atoms with van der Waals surface area (Å²) in [7, 11) is 0. The lowest BCUT2D eigenvalue weighted by atomic mass is 10.2. The highest BCUT2D eigenvalue weighted by atomic mass is 79.9. The second-order valence-electron chi connectivity index (χ2n) is 4.28. The molecule has 1 N–H and O–H groups in total. The number of thiophene rings is 1. The summed E-state index contributed by atoms with van der Waals surface area (Å²) in [5.41, 5.74) is 3.34. The minimum atomic E-state index is -0.118. The molecule has 0 saturated heterocycles. The molecule has 0 atom stereocenters. The number of aryl methyl sites for hydroxylation is 1. The van der Waals surface area contributed by atoms with Crippen LogP contribution in [0.4, 0.5) is 5.69 Å². The summed E-state index contributed by atoms with van der Waals surface area (Å²) in [6, 6.07) is 7.35. The van der Waals surface area contributed by atoms with E-state index >= 15 is 0 Å². The summed E-state index contributed by atoms with van der Waals surface area (Å²) < 4.78 is 0.979. The molecular formula is C14H10BrN3OS. The zero-order chi connectivity index (χ0) is 14.1. The number of amides is 1. The van der Waals surface area contributed by atoms with E-state index < -0.39 is 0 Å². The second kappa shape index (κ2) is 5.30. The molecule has 2 heterocycles. The fourth-order valence-corrected chi connectivity index (χ4v) is 3.24. The van der Waals surface area contributed by atoms with Crippen LogP contribution in [0.5, 0.6) is 0 Å². The molecule has 1 aromatic carbocycles. The van der Waals surface area contributed by atoms with Crippen LogP contribution < -0.4 is 5.32 Å². The highest BCUT2D eigenvalue weighted by molar-refractivity contribution is 9.11. The molecule has 20 heavy (non-hydrogen) atoms. The van der Waals surface area contributed by atoms with Gasteiger partial charge in [0.1, 0.15) is 0 Å². The summed E-state index contributed by atoms with van der Waals surface area (Å²) in [6.45, 7) is 1.96. The van der Waals surface area contributed by atoms with Gasteiger partial charge in [0.15, 0.2) is 0 Å². The first-order chi connectivity index (χ1) is 9.63. The van der Waals surface area contributed by atoms with Crippen LogP contribution in [-0.4, -0.2) is 15.9 Å². The Bertz CT molecular complexity index is 780. The maximum absolute atomic E-state index is 12.2. The van der Waals surface area contributed by atoms with Crippen molar-refractivity contribution in [3.05, 3.63) is 50.9 Å². The average molecular weight is 348 g/mol. The normalized spacial score (nSPS) is 10.7. The highest BCUT2D eigenvalue weighted by Gasteiger charge is 2.11. The number of halogens is 1. The molecule has 0 unspecified atom stereocenters. The van der Waals surface area contributed by atoms with Gasteiger partial charge in [-0.1, -0.05) is 0 Å². The van der Waals surface area contributed by atoms with Crippen molar-refractivity contribution in [3.63, 3.8) is 0 Å². The van der Waals surface area contributed by atoms with Gasteiger partial charge in [0, 0.05) is 18.1 Å². The number of hydrogen-bond donors (Lipinski definition) is 1. The van der Waals surface area contributed by atoms with E-state index in [9.17, 15) is 4.79 Å². The summed E-state index contributed by atoms with van der Waals surface area (Å²) in [5, 5.41) is 2.87. The van der Waals surface area contributed by atoms with Crippen molar-refractivity contribution in [2.24, 2.45) is 0 Å². The molecular weight excluding hydrogens is 338 g/mol. The number of fused-ring (bicyclic) bond motifs is 1. The summed E-state index contributed by atoms with van der Waals surface area (Å²) in [4.78, 5) is 21.2. The first kappa shape index (κ1) is 13.2. The molecule has 1 amide bonds. The molecule has 3 rings (SSSR count). The Labute approximate surface area is 128 Å². The van der Waals surface area contributed by atoms with Gasteiger partial charge >= 0.3 is 0 Å². The van der Waals surface area contributed by atoms with Crippen molar-refractivity contribution in [2.45, 2.75) is 6.92 Å². The molecule has 0 aliphatic rings. The van der Waals surface area contributed by atoms with Crippen LogP contribution >= 0.6 is 27.3 Å². The topological polar surface area (TPSA) is 54.9 Å². The zero-order valence-electron chi connectivity index (χ0n) is 10.6. The first-order valence-electron chi connectivity index (χ1n) is 5.91. The number of benzene rings is 1. The van der Waals surface area contributed by atoms with Crippen molar-refractivity contribution < 1.29 is 4.79 Å². The Morgan fingerprint density at radius 3 is 2.65 bits per heavy atom. The molecule has 0 bridgehead atoms. The molecule has 0 radical (unpaired) electrons. The van der Waals surface area contributed by atoms with Gasteiger partial charge in [0.25, 0.3) is 5.91 Å². The van der Waals surface area contributed by atoms with E-state index in [-0.39, 0.29) is 5.91 Å². The molecule has 2 aromatic heterocycles. The maximum atomic E-state index is 12.2. The van der Waals surface area contributed by atoms with Crippen molar-refractivity contribution in [1.29, 1.82) is 0 Å². The molecule has 0 aliphatic carbocycles. The molecule has 0 aliphatic heterocycles. The predicted octanol–water partition coefficient (Wildman–Crippen LogP) is 4.01. The lowest BCUT2D eigenvalue weighted by Gasteiger charge is -2.04. The third-order valence-electron chi connectivity index (χ3n) is 2.81. The van der Waals surface area contributed by atoms with E-state index in [4.69, 9.17) is 0 Å². The quantitative estimate of drug-likeness (QED) is 0.761. The fourth-order valence-electron chi connectivity index (χ4n) is 1.81. The number of anilines is 1. The molecule has 0 saturated carbocycles. The monoisotopic (exact) mass is 347 g/mol. The largest absolute Gasteiger partial charge is 0.321 e. The standard InChI is InChI=1S/C14H10BrN3OS/c1-8-6-12(20-13(8)15)14(19)18-9-2-3-10-11(7-9)17-5-4-16-10/h2-7H,1H3,(H,18,19). The van der Waals surface area contributed by atoms with Crippen LogP contribution in [-0.2, 0) is 0 Å². The van der Waals surface area contributed by atoms with E-state index in [1.165, 1.54) is 11.3 Å². The predicted molar refractivity (Wildman–Crippen MR) is 84.2 cm³/mol. The smallest absolute Gasteiger partial charge is 0.265 e. The minimum absolute atomic E-state index is 0.118. The number of rotatable bonds is 2. The molecule has 3 aromatic rings. The molecule has 6 heteroatoms. The van der Waals surface area contributed by atoms with E-state index in [0.29, 0.717) is 10.6 Å².